The van der Waals surface area contributed by atoms with E-state index in [1.54, 1.807) is 0 Å². The second-order valence-electron chi connectivity index (χ2n) is 5.49. The number of likely N-dealkylation sites (tertiary alicyclic amines) is 1. The molecule has 104 valence electrons. The summed E-state index contributed by atoms with van der Waals surface area (Å²) in [5.74, 6) is 2.73. The molecule has 0 aromatic rings. The number of fused-ring (bicyclic) bond motifs is 1. The van der Waals surface area contributed by atoms with Crippen LogP contribution in [0.5, 0.6) is 0 Å². The zero-order chi connectivity index (χ0) is 12.8. The fraction of sp³-hybridized carbons (Fsp3) is 0.929. The Morgan fingerprint density at radius 3 is 2.50 bits per heavy atom. The zero-order valence-electron chi connectivity index (χ0n) is 11.5. The third-order valence-electron chi connectivity index (χ3n) is 4.16. The van der Waals surface area contributed by atoms with Gasteiger partial charge < -0.3 is 10.2 Å². The molecule has 0 spiro atoms. The molecule has 1 aliphatic carbocycles. The van der Waals surface area contributed by atoms with Crippen molar-refractivity contribution in [1.82, 2.24) is 10.2 Å². The highest BCUT2D eigenvalue weighted by molar-refractivity contribution is 5.80. The van der Waals surface area contributed by atoms with Crippen molar-refractivity contribution in [2.75, 3.05) is 32.9 Å². The molecule has 1 N–H and O–H groups in total. The number of guanidine groups is 1. The minimum atomic E-state index is -0.270. The monoisotopic (exact) mass is 255 g/mol. The summed E-state index contributed by atoms with van der Waals surface area (Å²) in [4.78, 5) is 6.93. The lowest BCUT2D eigenvalue weighted by Crippen LogP contribution is -2.40. The molecule has 3 nitrogen and oxygen atoms in total. The molecule has 4 heteroatoms. The van der Waals surface area contributed by atoms with Crippen LogP contribution in [0.1, 0.15) is 39.0 Å². The largest absolute Gasteiger partial charge is 0.357 e. The Hall–Kier alpha value is -0.800. The first-order chi connectivity index (χ1) is 8.85. The van der Waals surface area contributed by atoms with Crippen LogP contribution in [-0.2, 0) is 0 Å². The summed E-state index contributed by atoms with van der Waals surface area (Å²) in [6.45, 7) is 5.60. The number of rotatable bonds is 4. The van der Waals surface area contributed by atoms with E-state index in [0.717, 1.165) is 37.4 Å². The number of hydrogen-bond acceptors (Lipinski definition) is 1. The van der Waals surface area contributed by atoms with Gasteiger partial charge in [-0.1, -0.05) is 12.8 Å². The maximum Gasteiger partial charge on any atom is 0.193 e. The van der Waals surface area contributed by atoms with Gasteiger partial charge in [-0.2, -0.15) is 0 Å². The average Bonchev–Trinajstić information content (AvgIpc) is 2.81. The van der Waals surface area contributed by atoms with Crippen molar-refractivity contribution in [3.05, 3.63) is 0 Å². The molecule has 2 unspecified atom stereocenters. The highest BCUT2D eigenvalue weighted by Gasteiger charge is 2.35. The molecule has 0 aromatic carbocycles. The van der Waals surface area contributed by atoms with Gasteiger partial charge in [0.1, 0.15) is 0 Å². The van der Waals surface area contributed by atoms with Crippen molar-refractivity contribution in [2.45, 2.75) is 39.0 Å². The molecule has 18 heavy (non-hydrogen) atoms. The molecule has 1 aliphatic heterocycles. The Bertz CT molecular complexity index is 266. The first-order valence-corrected chi connectivity index (χ1v) is 7.44. The van der Waals surface area contributed by atoms with E-state index in [1.165, 1.54) is 25.7 Å². The minimum Gasteiger partial charge on any atom is -0.357 e. The summed E-state index contributed by atoms with van der Waals surface area (Å²) >= 11 is 0. The Labute approximate surface area is 110 Å². The third-order valence-corrected chi connectivity index (χ3v) is 4.16. The number of aliphatic imine (C=N–C) groups is 1. The topological polar surface area (TPSA) is 27.6 Å². The number of halogens is 1. The zero-order valence-corrected chi connectivity index (χ0v) is 11.5. The summed E-state index contributed by atoms with van der Waals surface area (Å²) in [5.41, 5.74) is 0. The Morgan fingerprint density at radius 2 is 1.94 bits per heavy atom. The van der Waals surface area contributed by atoms with E-state index in [-0.39, 0.29) is 6.67 Å². The van der Waals surface area contributed by atoms with Crippen LogP contribution in [0.3, 0.4) is 0 Å². The normalized spacial score (nSPS) is 28.3. The van der Waals surface area contributed by atoms with E-state index in [4.69, 9.17) is 0 Å². The highest BCUT2D eigenvalue weighted by Crippen LogP contribution is 2.35. The van der Waals surface area contributed by atoms with Crippen LogP contribution in [0.25, 0.3) is 0 Å². The summed E-state index contributed by atoms with van der Waals surface area (Å²) in [5, 5.41) is 3.35. The second-order valence-corrected chi connectivity index (χ2v) is 5.49. The van der Waals surface area contributed by atoms with Crippen LogP contribution in [0.15, 0.2) is 4.99 Å². The molecular formula is C14H26FN3. The van der Waals surface area contributed by atoms with Gasteiger partial charge in [0.25, 0.3) is 0 Å². The van der Waals surface area contributed by atoms with Crippen molar-refractivity contribution in [1.29, 1.82) is 0 Å². The van der Waals surface area contributed by atoms with Crippen molar-refractivity contribution >= 4 is 5.96 Å². The van der Waals surface area contributed by atoms with Crippen molar-refractivity contribution in [2.24, 2.45) is 16.8 Å². The standard InChI is InChI=1S/C14H26FN3/c1-2-16-14(17-9-5-8-15)18-10-12-6-3-4-7-13(12)11-18/h12-13H,2-11H2,1H3,(H,16,17). The summed E-state index contributed by atoms with van der Waals surface area (Å²) in [6.07, 6.45) is 6.08. The number of alkyl halides is 1. The number of nitrogens with one attached hydrogen (secondary N) is 1. The molecule has 1 saturated heterocycles. The van der Waals surface area contributed by atoms with E-state index >= 15 is 0 Å². The predicted molar refractivity (Wildman–Crippen MR) is 73.6 cm³/mol. The summed E-state index contributed by atoms with van der Waals surface area (Å²) in [6, 6.07) is 0. The summed E-state index contributed by atoms with van der Waals surface area (Å²) < 4.78 is 12.1. The van der Waals surface area contributed by atoms with Gasteiger partial charge in [-0.15, -0.1) is 0 Å². The van der Waals surface area contributed by atoms with Crippen LogP contribution in [0.4, 0.5) is 4.39 Å². The van der Waals surface area contributed by atoms with E-state index in [1.807, 2.05) is 0 Å². The SMILES string of the molecule is CCNC(=NCCCF)N1CC2CCCCC2C1. The van der Waals surface area contributed by atoms with Crippen LogP contribution < -0.4 is 5.32 Å². The minimum absolute atomic E-state index is 0.270. The van der Waals surface area contributed by atoms with E-state index < -0.39 is 0 Å². The Kier molecular flexibility index (Phi) is 5.26. The van der Waals surface area contributed by atoms with Crippen molar-refractivity contribution < 1.29 is 4.39 Å². The van der Waals surface area contributed by atoms with Crippen LogP contribution in [-0.4, -0.2) is 43.7 Å². The Balaban J connectivity index is 1.92. The lowest BCUT2D eigenvalue weighted by Gasteiger charge is -2.22. The van der Waals surface area contributed by atoms with Crippen LogP contribution in [0.2, 0.25) is 0 Å². The lowest BCUT2D eigenvalue weighted by atomic mass is 9.82. The van der Waals surface area contributed by atoms with Gasteiger partial charge in [-0.25, -0.2) is 0 Å². The highest BCUT2D eigenvalue weighted by atomic mass is 19.1. The molecule has 2 atom stereocenters. The van der Waals surface area contributed by atoms with Crippen molar-refractivity contribution in [3.63, 3.8) is 0 Å². The fourth-order valence-electron chi connectivity index (χ4n) is 3.25. The summed E-state index contributed by atoms with van der Waals surface area (Å²) in [7, 11) is 0. The van der Waals surface area contributed by atoms with Gasteiger partial charge in [0, 0.05) is 26.2 Å². The number of hydrogen-bond donors (Lipinski definition) is 1. The average molecular weight is 255 g/mol. The van der Waals surface area contributed by atoms with Gasteiger partial charge in [0.15, 0.2) is 5.96 Å². The smallest absolute Gasteiger partial charge is 0.193 e. The van der Waals surface area contributed by atoms with Gasteiger partial charge in [0.05, 0.1) is 6.67 Å². The molecule has 2 aliphatic rings. The van der Waals surface area contributed by atoms with Gasteiger partial charge in [-0.3, -0.25) is 9.38 Å². The molecule has 1 saturated carbocycles. The van der Waals surface area contributed by atoms with Gasteiger partial charge in [-0.05, 0) is 38.0 Å². The van der Waals surface area contributed by atoms with Crippen LogP contribution >= 0.6 is 0 Å². The molecule has 1 heterocycles. The van der Waals surface area contributed by atoms with Gasteiger partial charge >= 0.3 is 0 Å². The quantitative estimate of drug-likeness (QED) is 0.475. The molecule has 2 fully saturated rings. The molecule has 2 rings (SSSR count). The number of nitrogens with zero attached hydrogens (tertiary/aromatic N) is 2. The predicted octanol–water partition coefficient (Wildman–Crippen LogP) is 2.43. The molecular weight excluding hydrogens is 229 g/mol. The fourth-order valence-corrected chi connectivity index (χ4v) is 3.25. The molecule has 0 aromatic heterocycles. The first-order valence-electron chi connectivity index (χ1n) is 7.44. The maximum absolute atomic E-state index is 12.1. The first kappa shape index (κ1) is 13.6. The second kappa shape index (κ2) is 6.95. The van der Waals surface area contributed by atoms with Crippen LogP contribution in [0, 0.1) is 11.8 Å². The van der Waals surface area contributed by atoms with E-state index in [2.05, 4.69) is 22.1 Å². The Morgan fingerprint density at radius 1 is 1.28 bits per heavy atom. The lowest BCUT2D eigenvalue weighted by molar-refractivity contribution is 0.299. The van der Waals surface area contributed by atoms with Gasteiger partial charge in [0.2, 0.25) is 0 Å². The van der Waals surface area contributed by atoms with E-state index in [0.29, 0.717) is 13.0 Å². The molecule has 0 bridgehead atoms. The maximum atomic E-state index is 12.1. The van der Waals surface area contributed by atoms with Crippen molar-refractivity contribution in [3.8, 4) is 0 Å². The third kappa shape index (κ3) is 3.36. The molecule has 0 radical (unpaired) electrons. The van der Waals surface area contributed by atoms with E-state index in [9.17, 15) is 4.39 Å². The molecule has 0 amide bonds.